The summed E-state index contributed by atoms with van der Waals surface area (Å²) in [4.78, 5) is 0. The van der Waals surface area contributed by atoms with Crippen LogP contribution in [0.4, 0.5) is 26.3 Å². The predicted molar refractivity (Wildman–Crippen MR) is 62.5 cm³/mol. The Morgan fingerprint density at radius 2 is 1.65 bits per heavy atom. The maximum absolute atomic E-state index is 13.0. The molecule has 0 radical (unpaired) electrons. The van der Waals surface area contributed by atoms with Crippen molar-refractivity contribution in [2.75, 3.05) is 0 Å². The Bertz CT molecular complexity index is 289. The van der Waals surface area contributed by atoms with Gasteiger partial charge in [-0.15, -0.1) is 0 Å². The zero-order chi connectivity index (χ0) is 15.4. The molecule has 8 heteroatoms. The van der Waals surface area contributed by atoms with Crippen molar-refractivity contribution < 1.29 is 26.3 Å². The second-order valence-electron chi connectivity index (χ2n) is 5.38. The third kappa shape index (κ3) is 5.47. The van der Waals surface area contributed by atoms with Crippen LogP contribution in [-0.4, -0.2) is 18.4 Å². The monoisotopic (exact) mass is 306 g/mol. The second kappa shape index (κ2) is 6.98. The van der Waals surface area contributed by atoms with Crippen LogP contribution in [0, 0.1) is 11.8 Å². The van der Waals surface area contributed by atoms with Crippen LogP contribution in [-0.2, 0) is 0 Å². The number of hydrogen-bond donors (Lipinski definition) is 2. The molecule has 3 atom stereocenters. The Balaban J connectivity index is 2.61. The molecule has 1 saturated carbocycles. The first-order valence-electron chi connectivity index (χ1n) is 6.74. The molecule has 0 amide bonds. The summed E-state index contributed by atoms with van der Waals surface area (Å²) in [6.07, 6.45) is -8.24. The molecule has 1 rings (SSSR count). The van der Waals surface area contributed by atoms with Crippen LogP contribution in [0.3, 0.4) is 0 Å². The van der Waals surface area contributed by atoms with E-state index in [-0.39, 0.29) is 19.3 Å². The lowest BCUT2D eigenvalue weighted by Gasteiger charge is -2.38. The first-order valence-corrected chi connectivity index (χ1v) is 6.74. The number of halogens is 6. The zero-order valence-electron chi connectivity index (χ0n) is 11.0. The average Bonchev–Trinajstić information content (AvgIpc) is 2.32. The molecule has 1 aliphatic carbocycles. The third-order valence-electron chi connectivity index (χ3n) is 3.95. The smallest absolute Gasteiger partial charge is 0.271 e. The SMILES string of the molecule is NNC(CCCC(F)(F)F)C1CCCCC1C(F)(F)F. The van der Waals surface area contributed by atoms with Crippen LogP contribution in [0.5, 0.6) is 0 Å². The molecule has 1 fully saturated rings. The highest BCUT2D eigenvalue weighted by atomic mass is 19.4. The third-order valence-corrected chi connectivity index (χ3v) is 3.95. The molecule has 3 N–H and O–H groups in total. The lowest BCUT2D eigenvalue weighted by atomic mass is 9.74. The van der Waals surface area contributed by atoms with Crippen LogP contribution in [0.2, 0.25) is 0 Å². The highest BCUT2D eigenvalue weighted by Crippen LogP contribution is 2.43. The molecule has 0 aromatic carbocycles. The van der Waals surface area contributed by atoms with E-state index < -0.39 is 36.7 Å². The van der Waals surface area contributed by atoms with Crippen molar-refractivity contribution in [3.05, 3.63) is 0 Å². The second-order valence-corrected chi connectivity index (χ2v) is 5.38. The summed E-state index contributed by atoms with van der Waals surface area (Å²) in [7, 11) is 0. The summed E-state index contributed by atoms with van der Waals surface area (Å²) < 4.78 is 75.1. The zero-order valence-corrected chi connectivity index (χ0v) is 11.0. The van der Waals surface area contributed by atoms with Gasteiger partial charge < -0.3 is 0 Å². The van der Waals surface area contributed by atoms with Crippen molar-refractivity contribution in [2.45, 2.75) is 63.3 Å². The van der Waals surface area contributed by atoms with Gasteiger partial charge in [-0.05, 0) is 31.6 Å². The quantitative estimate of drug-likeness (QED) is 0.459. The number of hydrazine groups is 1. The molecular weight excluding hydrogens is 286 g/mol. The highest BCUT2D eigenvalue weighted by molar-refractivity contribution is 4.87. The maximum Gasteiger partial charge on any atom is 0.392 e. The molecule has 0 bridgehead atoms. The molecule has 0 heterocycles. The van der Waals surface area contributed by atoms with E-state index in [0.29, 0.717) is 19.3 Å². The number of rotatable bonds is 5. The highest BCUT2D eigenvalue weighted by Gasteiger charge is 2.47. The Hall–Kier alpha value is -0.500. The Kier molecular flexibility index (Phi) is 6.12. The van der Waals surface area contributed by atoms with Gasteiger partial charge in [0.25, 0.3) is 0 Å². The van der Waals surface area contributed by atoms with Gasteiger partial charge in [0, 0.05) is 12.5 Å². The average molecular weight is 306 g/mol. The van der Waals surface area contributed by atoms with E-state index in [1.54, 1.807) is 0 Å². The van der Waals surface area contributed by atoms with Crippen molar-refractivity contribution in [2.24, 2.45) is 17.7 Å². The Morgan fingerprint density at radius 3 is 2.15 bits per heavy atom. The normalized spacial score (nSPS) is 26.6. The molecule has 120 valence electrons. The van der Waals surface area contributed by atoms with Crippen LogP contribution in [0.15, 0.2) is 0 Å². The topological polar surface area (TPSA) is 38.0 Å². The lowest BCUT2D eigenvalue weighted by molar-refractivity contribution is -0.200. The first-order chi connectivity index (χ1) is 9.15. The van der Waals surface area contributed by atoms with E-state index in [9.17, 15) is 26.3 Å². The fraction of sp³-hybridized carbons (Fsp3) is 1.00. The van der Waals surface area contributed by atoms with Gasteiger partial charge in [0.1, 0.15) is 0 Å². The van der Waals surface area contributed by atoms with Gasteiger partial charge in [-0.25, -0.2) is 0 Å². The van der Waals surface area contributed by atoms with Gasteiger partial charge in [-0.3, -0.25) is 11.3 Å². The fourth-order valence-corrected chi connectivity index (χ4v) is 2.99. The summed E-state index contributed by atoms with van der Waals surface area (Å²) in [6.45, 7) is 0. The van der Waals surface area contributed by atoms with Gasteiger partial charge in [0.2, 0.25) is 0 Å². The van der Waals surface area contributed by atoms with E-state index in [1.165, 1.54) is 0 Å². The van der Waals surface area contributed by atoms with Crippen LogP contribution >= 0.6 is 0 Å². The van der Waals surface area contributed by atoms with Crippen molar-refractivity contribution in [1.29, 1.82) is 0 Å². The molecule has 2 nitrogen and oxygen atoms in total. The molecule has 1 aliphatic rings. The van der Waals surface area contributed by atoms with Crippen molar-refractivity contribution in [1.82, 2.24) is 5.43 Å². The molecule has 20 heavy (non-hydrogen) atoms. The molecule has 0 aliphatic heterocycles. The standard InChI is InChI=1S/C12H20F6N2/c13-11(14,15)7-3-6-10(20-19)8-4-1-2-5-9(8)12(16,17)18/h8-10,20H,1-7,19H2. The minimum Gasteiger partial charge on any atom is -0.271 e. The first kappa shape index (κ1) is 17.6. The van der Waals surface area contributed by atoms with E-state index in [1.807, 2.05) is 0 Å². The van der Waals surface area contributed by atoms with Gasteiger partial charge in [0.05, 0.1) is 5.92 Å². The van der Waals surface area contributed by atoms with Gasteiger partial charge in [-0.1, -0.05) is 12.8 Å². The minimum absolute atomic E-state index is 0.00720. The molecular formula is C12H20F6N2. The van der Waals surface area contributed by atoms with E-state index in [4.69, 9.17) is 5.84 Å². The van der Waals surface area contributed by atoms with Gasteiger partial charge in [0.15, 0.2) is 0 Å². The maximum atomic E-state index is 13.0. The lowest BCUT2D eigenvalue weighted by Crippen LogP contribution is -2.48. The summed E-state index contributed by atoms with van der Waals surface area (Å²) in [5.41, 5.74) is 2.29. The van der Waals surface area contributed by atoms with Crippen LogP contribution < -0.4 is 11.3 Å². The Morgan fingerprint density at radius 1 is 1.05 bits per heavy atom. The number of nitrogens with one attached hydrogen (secondary N) is 1. The van der Waals surface area contributed by atoms with Gasteiger partial charge >= 0.3 is 12.4 Å². The van der Waals surface area contributed by atoms with E-state index in [2.05, 4.69) is 5.43 Å². The van der Waals surface area contributed by atoms with Gasteiger partial charge in [-0.2, -0.15) is 26.3 Å². The predicted octanol–water partition coefficient (Wildman–Crippen LogP) is 3.92. The van der Waals surface area contributed by atoms with Crippen molar-refractivity contribution in [3.63, 3.8) is 0 Å². The van der Waals surface area contributed by atoms with E-state index in [0.717, 1.165) is 0 Å². The van der Waals surface area contributed by atoms with E-state index >= 15 is 0 Å². The minimum atomic E-state index is -4.32. The molecule has 0 aromatic rings. The number of alkyl halides is 6. The number of hydrogen-bond acceptors (Lipinski definition) is 2. The molecule has 0 spiro atoms. The van der Waals surface area contributed by atoms with Crippen LogP contribution in [0.1, 0.15) is 44.9 Å². The fourth-order valence-electron chi connectivity index (χ4n) is 2.99. The summed E-state index contributed by atoms with van der Waals surface area (Å²) >= 11 is 0. The van der Waals surface area contributed by atoms with Crippen molar-refractivity contribution in [3.8, 4) is 0 Å². The largest absolute Gasteiger partial charge is 0.392 e. The summed E-state index contributed by atoms with van der Waals surface area (Å²) in [6, 6.07) is -0.718. The molecule has 0 saturated heterocycles. The number of nitrogens with two attached hydrogens (primary N) is 1. The van der Waals surface area contributed by atoms with Crippen molar-refractivity contribution >= 4 is 0 Å². The summed E-state index contributed by atoms with van der Waals surface area (Å²) in [5.74, 6) is 3.06. The van der Waals surface area contributed by atoms with Crippen LogP contribution in [0.25, 0.3) is 0 Å². The molecule has 3 unspecified atom stereocenters. The Labute approximate surface area is 114 Å². The summed E-state index contributed by atoms with van der Waals surface area (Å²) in [5, 5.41) is 0. The molecule has 0 aromatic heterocycles.